The second-order valence-electron chi connectivity index (χ2n) is 14.3. The average molecular weight is 748 g/mol. The summed E-state index contributed by atoms with van der Waals surface area (Å²) in [5.41, 5.74) is 14.5. The number of benzene rings is 8. The van der Waals surface area contributed by atoms with Gasteiger partial charge >= 0.3 is 0 Å². The van der Waals surface area contributed by atoms with E-state index in [-0.39, 0.29) is 6.61 Å². The maximum absolute atomic E-state index is 9.96. The van der Waals surface area contributed by atoms with Gasteiger partial charge in [-0.3, -0.25) is 0 Å². The number of anilines is 3. The van der Waals surface area contributed by atoms with Crippen LogP contribution >= 0.6 is 0 Å². The van der Waals surface area contributed by atoms with Crippen molar-refractivity contribution < 1.29 is 5.11 Å². The number of hydrogen-bond acceptors (Lipinski definition) is 2. The third-order valence-corrected chi connectivity index (χ3v) is 10.4. The van der Waals surface area contributed by atoms with Crippen molar-refractivity contribution in [3.05, 3.63) is 269 Å². The highest BCUT2D eigenvalue weighted by molar-refractivity contribution is 6.03. The molecular weight excluding hydrogens is 703 g/mol. The molecular formula is C56H45NO. The van der Waals surface area contributed by atoms with Crippen LogP contribution in [0.5, 0.6) is 0 Å². The van der Waals surface area contributed by atoms with Crippen LogP contribution < -0.4 is 4.90 Å². The van der Waals surface area contributed by atoms with E-state index in [9.17, 15) is 5.11 Å². The molecule has 0 unspecified atom stereocenters. The zero-order valence-corrected chi connectivity index (χ0v) is 32.6. The molecule has 0 aliphatic heterocycles. The van der Waals surface area contributed by atoms with Gasteiger partial charge in [-0.05, 0) is 92.2 Å². The third-order valence-electron chi connectivity index (χ3n) is 10.4. The Labute approximate surface area is 342 Å². The summed E-state index contributed by atoms with van der Waals surface area (Å²) in [6.07, 6.45) is 13.1. The van der Waals surface area contributed by atoms with Crippen molar-refractivity contribution in [3.63, 3.8) is 0 Å². The van der Waals surface area contributed by atoms with Crippen LogP contribution in [0.4, 0.5) is 17.1 Å². The summed E-state index contributed by atoms with van der Waals surface area (Å²) in [7, 11) is 0. The molecule has 0 aliphatic rings. The minimum absolute atomic E-state index is 0.00151. The first kappa shape index (κ1) is 37.7. The SMILES string of the molecule is Cc1cc(CO)ccc1N(c1ccc(/C=C/C=C(c2ccccc2)c2ccccc2)cc1)c1ccc(/C=C/C=C(c2ccccc2)c2ccccc2)c2ccccc12. The highest BCUT2D eigenvalue weighted by Crippen LogP contribution is 2.42. The van der Waals surface area contributed by atoms with Crippen LogP contribution in [0.3, 0.4) is 0 Å². The standard InChI is InChI=1S/C56H45NO/c1-42-40-44(41-58)34-38-55(42)57(50-36-32-43(33-37-50)18-16-30-51(45-19-6-2-7-20-45)46-21-8-3-9-22-46)56-39-35-49(53-28-14-15-29-54(53)56)27-17-31-52(47-23-10-4-11-24-47)48-25-12-5-13-26-48/h2-40,58H,41H2,1H3/b18-16+,27-17+. The third kappa shape index (κ3) is 8.59. The van der Waals surface area contributed by atoms with E-state index in [1.165, 1.54) is 38.8 Å². The van der Waals surface area contributed by atoms with Crippen molar-refractivity contribution in [2.75, 3.05) is 4.90 Å². The number of allylic oxidation sites excluding steroid dienone is 4. The summed E-state index contributed by atoms with van der Waals surface area (Å²) in [5, 5.41) is 12.3. The number of hydrogen-bond donors (Lipinski definition) is 1. The van der Waals surface area contributed by atoms with Crippen LogP contribution in [0, 0.1) is 6.92 Å². The smallest absolute Gasteiger partial charge is 0.0681 e. The molecule has 8 aromatic carbocycles. The lowest BCUT2D eigenvalue weighted by Crippen LogP contribution is -2.12. The molecule has 0 bridgehead atoms. The normalized spacial score (nSPS) is 11.2. The lowest BCUT2D eigenvalue weighted by atomic mass is 9.97. The Hall–Kier alpha value is -7.26. The van der Waals surface area contributed by atoms with Gasteiger partial charge in [0.05, 0.1) is 12.3 Å². The summed E-state index contributed by atoms with van der Waals surface area (Å²) in [6.45, 7) is 2.12. The fourth-order valence-electron chi connectivity index (χ4n) is 7.55. The van der Waals surface area contributed by atoms with Crippen molar-refractivity contribution in [2.45, 2.75) is 13.5 Å². The predicted octanol–water partition coefficient (Wildman–Crippen LogP) is 14.4. The van der Waals surface area contributed by atoms with Gasteiger partial charge in [-0.2, -0.15) is 0 Å². The summed E-state index contributed by atoms with van der Waals surface area (Å²) >= 11 is 0. The molecule has 8 rings (SSSR count). The van der Waals surface area contributed by atoms with E-state index >= 15 is 0 Å². The molecule has 0 saturated carbocycles. The van der Waals surface area contributed by atoms with Gasteiger partial charge in [0.1, 0.15) is 0 Å². The molecule has 0 amide bonds. The van der Waals surface area contributed by atoms with Gasteiger partial charge in [-0.1, -0.05) is 212 Å². The second-order valence-corrected chi connectivity index (χ2v) is 14.3. The van der Waals surface area contributed by atoms with E-state index < -0.39 is 0 Å². The van der Waals surface area contributed by atoms with E-state index in [1.807, 2.05) is 6.07 Å². The van der Waals surface area contributed by atoms with Crippen LogP contribution in [0.15, 0.2) is 224 Å². The van der Waals surface area contributed by atoms with Crippen molar-refractivity contribution in [1.82, 2.24) is 0 Å². The van der Waals surface area contributed by atoms with Crippen LogP contribution in [0.25, 0.3) is 34.1 Å². The van der Waals surface area contributed by atoms with Gasteiger partial charge in [0.2, 0.25) is 0 Å². The van der Waals surface area contributed by atoms with E-state index in [0.29, 0.717) is 0 Å². The summed E-state index contributed by atoms with van der Waals surface area (Å²) in [4.78, 5) is 2.34. The lowest BCUT2D eigenvalue weighted by Gasteiger charge is -2.29. The maximum Gasteiger partial charge on any atom is 0.0681 e. The molecule has 0 aliphatic carbocycles. The number of aryl methyl sites for hydroxylation is 1. The molecule has 0 aromatic heterocycles. The van der Waals surface area contributed by atoms with Gasteiger partial charge in [0, 0.05) is 16.8 Å². The first-order chi connectivity index (χ1) is 28.7. The number of aliphatic hydroxyl groups excluding tert-OH is 1. The molecule has 58 heavy (non-hydrogen) atoms. The Morgan fingerprint density at radius 1 is 0.466 bits per heavy atom. The molecule has 1 N–H and O–H groups in total. The lowest BCUT2D eigenvalue weighted by molar-refractivity contribution is 0.282. The van der Waals surface area contributed by atoms with Gasteiger partial charge in [-0.15, -0.1) is 0 Å². The van der Waals surface area contributed by atoms with Crippen LogP contribution in [-0.2, 0) is 6.61 Å². The van der Waals surface area contributed by atoms with Crippen LogP contribution in [0.1, 0.15) is 44.5 Å². The van der Waals surface area contributed by atoms with E-state index in [1.54, 1.807) is 0 Å². The Bertz CT molecular complexity index is 2640. The number of aliphatic hydroxyl groups is 1. The largest absolute Gasteiger partial charge is 0.392 e. The molecule has 0 heterocycles. The highest BCUT2D eigenvalue weighted by Gasteiger charge is 2.18. The topological polar surface area (TPSA) is 23.5 Å². The zero-order chi connectivity index (χ0) is 39.5. The van der Waals surface area contributed by atoms with Crippen LogP contribution in [0.2, 0.25) is 0 Å². The molecule has 0 fully saturated rings. The Balaban J connectivity index is 1.16. The van der Waals surface area contributed by atoms with Gasteiger partial charge < -0.3 is 10.0 Å². The fraction of sp³-hybridized carbons (Fsp3) is 0.0357. The average Bonchev–Trinajstić information content (AvgIpc) is 3.29. The number of rotatable bonds is 12. The molecule has 0 saturated heterocycles. The monoisotopic (exact) mass is 747 g/mol. The Kier molecular flexibility index (Phi) is 11.8. The number of fused-ring (bicyclic) bond motifs is 1. The van der Waals surface area contributed by atoms with E-state index in [0.717, 1.165) is 44.7 Å². The van der Waals surface area contributed by atoms with E-state index in [2.05, 4.69) is 242 Å². The molecule has 2 heteroatoms. The van der Waals surface area contributed by atoms with Gasteiger partial charge in [-0.25, -0.2) is 0 Å². The highest BCUT2D eigenvalue weighted by atomic mass is 16.3. The van der Waals surface area contributed by atoms with Crippen LogP contribution in [-0.4, -0.2) is 5.11 Å². The molecule has 0 spiro atoms. The summed E-state index contributed by atoms with van der Waals surface area (Å²) in [5.74, 6) is 0. The van der Waals surface area contributed by atoms with E-state index in [4.69, 9.17) is 0 Å². The summed E-state index contributed by atoms with van der Waals surface area (Å²) < 4.78 is 0. The fourth-order valence-corrected chi connectivity index (χ4v) is 7.55. The first-order valence-electron chi connectivity index (χ1n) is 19.8. The Morgan fingerprint density at radius 3 is 1.43 bits per heavy atom. The molecule has 8 aromatic rings. The first-order valence-corrected chi connectivity index (χ1v) is 19.8. The molecule has 280 valence electrons. The second kappa shape index (κ2) is 18.1. The molecule has 0 atom stereocenters. The minimum Gasteiger partial charge on any atom is -0.392 e. The summed E-state index contributed by atoms with van der Waals surface area (Å²) in [6, 6.07) is 70.2. The molecule has 2 nitrogen and oxygen atoms in total. The maximum atomic E-state index is 9.96. The number of nitrogens with zero attached hydrogens (tertiary/aromatic N) is 1. The quantitative estimate of drug-likeness (QED) is 0.126. The van der Waals surface area contributed by atoms with Crippen molar-refractivity contribution in [1.29, 1.82) is 0 Å². The predicted molar refractivity (Wildman–Crippen MR) is 247 cm³/mol. The van der Waals surface area contributed by atoms with Crippen molar-refractivity contribution in [2.24, 2.45) is 0 Å². The van der Waals surface area contributed by atoms with Crippen molar-refractivity contribution in [3.8, 4) is 0 Å². The van der Waals surface area contributed by atoms with Gasteiger partial charge in [0.25, 0.3) is 0 Å². The Morgan fingerprint density at radius 2 is 0.931 bits per heavy atom. The molecule has 0 radical (unpaired) electrons. The van der Waals surface area contributed by atoms with Gasteiger partial charge in [0.15, 0.2) is 0 Å². The zero-order valence-electron chi connectivity index (χ0n) is 32.6. The van der Waals surface area contributed by atoms with Crippen molar-refractivity contribution >= 4 is 51.1 Å². The minimum atomic E-state index is 0.00151.